The van der Waals surface area contributed by atoms with Crippen molar-refractivity contribution in [1.29, 1.82) is 0 Å². The number of amides is 1. The molecule has 5 heterocycles. The number of halogens is 6. The summed E-state index contributed by atoms with van der Waals surface area (Å²) in [4.78, 5) is 27.2. The summed E-state index contributed by atoms with van der Waals surface area (Å²) < 4.78 is 65.9. The van der Waals surface area contributed by atoms with Crippen molar-refractivity contribution in [2.45, 2.75) is 49.5 Å². The van der Waals surface area contributed by atoms with Crippen molar-refractivity contribution in [2.24, 2.45) is 0 Å². The summed E-state index contributed by atoms with van der Waals surface area (Å²) >= 11 is 13.2. The molecule has 1 aromatic heterocycles. The number of hydrogen-bond acceptors (Lipinski definition) is 6. The topological polar surface area (TPSA) is 61.8 Å². The van der Waals surface area contributed by atoms with E-state index in [1.807, 2.05) is 4.90 Å². The van der Waals surface area contributed by atoms with Crippen LogP contribution in [0, 0.1) is 11.6 Å². The van der Waals surface area contributed by atoms with E-state index in [1.165, 1.54) is 11.0 Å². The minimum Gasteiger partial charge on any atom is -0.461 e. The molecular weight excluding hydrogens is 657 g/mol. The van der Waals surface area contributed by atoms with Crippen LogP contribution in [0.15, 0.2) is 48.8 Å². The number of ether oxygens (including phenoxy) is 1. The second-order valence-electron chi connectivity index (χ2n) is 12.9. The highest BCUT2D eigenvalue weighted by molar-refractivity contribution is 6.38. The average molecular weight is 687 g/mol. The third-order valence-electron chi connectivity index (χ3n) is 10.3. The molecule has 4 aliphatic heterocycles. The second-order valence-corrected chi connectivity index (χ2v) is 13.7. The SMILES string of the molecule is C=C(F)C(=O)N1CCC2[C@H]1CN2c1nc(OC[C@@]23CCCN2C[C@H](F)C3)nc2c(F)c(-c3cccc4ccc(F)c(Cl)c34)c(Cl)cc12. The van der Waals surface area contributed by atoms with E-state index in [0.717, 1.165) is 19.4 Å². The minimum atomic E-state index is -1.02. The summed E-state index contributed by atoms with van der Waals surface area (Å²) in [6, 6.07) is 8.87. The van der Waals surface area contributed by atoms with E-state index in [2.05, 4.69) is 16.5 Å². The highest BCUT2D eigenvalue weighted by Gasteiger charge is 2.51. The van der Waals surface area contributed by atoms with Crippen LogP contribution in [-0.4, -0.2) is 82.3 Å². The van der Waals surface area contributed by atoms with Gasteiger partial charge in [0, 0.05) is 42.4 Å². The van der Waals surface area contributed by atoms with Gasteiger partial charge in [-0.3, -0.25) is 9.69 Å². The van der Waals surface area contributed by atoms with Crippen molar-refractivity contribution in [3.63, 3.8) is 0 Å². The van der Waals surface area contributed by atoms with Crippen LogP contribution in [-0.2, 0) is 4.79 Å². The lowest BCUT2D eigenvalue weighted by molar-refractivity contribution is -0.130. The minimum absolute atomic E-state index is 0.00919. The Bertz CT molecular complexity index is 2000. The van der Waals surface area contributed by atoms with E-state index in [-0.39, 0.29) is 45.8 Å². The highest BCUT2D eigenvalue weighted by Crippen LogP contribution is 2.46. The first kappa shape index (κ1) is 30.7. The molecule has 4 atom stereocenters. The maximum Gasteiger partial charge on any atom is 0.319 e. The Morgan fingerprint density at radius 3 is 2.74 bits per heavy atom. The molecular formula is C34H29Cl2F4N5O2. The molecule has 0 aliphatic carbocycles. The molecule has 13 heteroatoms. The Labute approximate surface area is 277 Å². The number of anilines is 1. The number of nitrogens with zero attached hydrogens (tertiary/aromatic N) is 5. The largest absolute Gasteiger partial charge is 0.461 e. The van der Waals surface area contributed by atoms with Crippen LogP contribution in [0.5, 0.6) is 6.01 Å². The van der Waals surface area contributed by atoms with E-state index in [4.69, 9.17) is 32.9 Å². The Balaban J connectivity index is 1.25. The Kier molecular flexibility index (Phi) is 7.31. The zero-order valence-corrected chi connectivity index (χ0v) is 26.6. The first-order valence-corrected chi connectivity index (χ1v) is 16.3. The maximum absolute atomic E-state index is 16.9. The van der Waals surface area contributed by atoms with Gasteiger partial charge >= 0.3 is 6.01 Å². The van der Waals surface area contributed by atoms with Crippen molar-refractivity contribution in [3.8, 4) is 17.1 Å². The molecule has 4 fully saturated rings. The lowest BCUT2D eigenvalue weighted by Crippen LogP contribution is -2.63. The van der Waals surface area contributed by atoms with Crippen LogP contribution >= 0.6 is 23.2 Å². The summed E-state index contributed by atoms with van der Waals surface area (Å²) in [5, 5.41) is 1.09. The summed E-state index contributed by atoms with van der Waals surface area (Å²) in [5.74, 6) is -2.84. The fourth-order valence-corrected chi connectivity index (χ4v) is 8.70. The third kappa shape index (κ3) is 4.76. The van der Waals surface area contributed by atoms with Gasteiger partial charge in [-0.05, 0) is 48.9 Å². The van der Waals surface area contributed by atoms with Gasteiger partial charge in [0.05, 0.1) is 27.7 Å². The average Bonchev–Trinajstić information content (AvgIpc) is 3.67. The Hall–Kier alpha value is -3.67. The van der Waals surface area contributed by atoms with Gasteiger partial charge in [0.1, 0.15) is 29.9 Å². The zero-order valence-electron chi connectivity index (χ0n) is 25.1. The summed E-state index contributed by atoms with van der Waals surface area (Å²) in [7, 11) is 0. The van der Waals surface area contributed by atoms with Crippen molar-refractivity contribution in [3.05, 3.63) is 70.5 Å². The highest BCUT2D eigenvalue weighted by atomic mass is 35.5. The molecule has 0 N–H and O–H groups in total. The van der Waals surface area contributed by atoms with Crippen molar-refractivity contribution in [1.82, 2.24) is 19.8 Å². The maximum atomic E-state index is 16.9. The number of benzene rings is 3. The number of fused-ring (bicyclic) bond motifs is 4. The predicted molar refractivity (Wildman–Crippen MR) is 172 cm³/mol. The van der Waals surface area contributed by atoms with Crippen LogP contribution in [0.1, 0.15) is 25.7 Å². The van der Waals surface area contributed by atoms with E-state index in [0.29, 0.717) is 60.0 Å². The van der Waals surface area contributed by atoms with Gasteiger partial charge in [0.2, 0.25) is 0 Å². The van der Waals surface area contributed by atoms with Gasteiger partial charge < -0.3 is 14.5 Å². The van der Waals surface area contributed by atoms with E-state index in [1.54, 1.807) is 30.3 Å². The fraction of sp³-hybridized carbons (Fsp3) is 0.382. The van der Waals surface area contributed by atoms with Crippen molar-refractivity contribution >= 4 is 56.6 Å². The van der Waals surface area contributed by atoms with Crippen LogP contribution in [0.2, 0.25) is 10.0 Å². The molecule has 0 bridgehead atoms. The number of carbonyl (C=O) groups is 1. The standard InChI is InChI=1S/C34H29Cl2F4N5O2/c1-17(37)32(46)44-11-8-24-25(44)15-45(24)31-21-12-22(35)27(20-5-2-4-18-6-7-23(39)28(36)26(18)20)29(40)30(21)41-33(42-31)47-16-34-9-3-10-43(34)14-19(38)13-34/h2,4-7,12,19,24-25H,1,3,8-11,13-16H2/t19-,24?,25-,34+/m1/s1. The molecule has 0 spiro atoms. The molecule has 1 amide bonds. The monoisotopic (exact) mass is 685 g/mol. The normalized spacial score (nSPS) is 25.4. The van der Waals surface area contributed by atoms with Crippen LogP contribution in [0.3, 0.4) is 0 Å². The predicted octanol–water partition coefficient (Wildman–Crippen LogP) is 7.26. The lowest BCUT2D eigenvalue weighted by Gasteiger charge is -2.47. The first-order valence-electron chi connectivity index (χ1n) is 15.6. The Morgan fingerprint density at radius 2 is 1.94 bits per heavy atom. The first-order chi connectivity index (χ1) is 22.6. The summed E-state index contributed by atoms with van der Waals surface area (Å²) in [6.45, 7) is 5.05. The molecule has 1 unspecified atom stereocenters. The quantitative estimate of drug-likeness (QED) is 0.157. The number of aromatic nitrogens is 2. The lowest BCUT2D eigenvalue weighted by atomic mass is 9.94. The summed E-state index contributed by atoms with van der Waals surface area (Å²) in [5.41, 5.74) is -0.283. The van der Waals surface area contributed by atoms with Crippen LogP contribution < -0.4 is 9.64 Å². The molecule has 4 aromatic rings. The van der Waals surface area contributed by atoms with E-state index >= 15 is 4.39 Å². The van der Waals surface area contributed by atoms with Gasteiger partial charge in [-0.1, -0.05) is 54.0 Å². The number of rotatable bonds is 6. The van der Waals surface area contributed by atoms with Gasteiger partial charge in [-0.25, -0.2) is 17.6 Å². The third-order valence-corrected chi connectivity index (χ3v) is 11.0. The van der Waals surface area contributed by atoms with Crippen molar-refractivity contribution < 1.29 is 27.1 Å². The number of carbonyl (C=O) groups excluding carboxylic acids is 1. The number of hydrogen-bond donors (Lipinski definition) is 0. The van der Waals surface area contributed by atoms with Crippen molar-refractivity contribution in [2.75, 3.05) is 37.7 Å². The molecule has 4 saturated heterocycles. The van der Waals surface area contributed by atoms with Gasteiger partial charge in [0.25, 0.3) is 5.91 Å². The molecule has 244 valence electrons. The number of likely N-dealkylation sites (tertiary alicyclic amines) is 1. The zero-order chi connectivity index (χ0) is 32.8. The molecule has 47 heavy (non-hydrogen) atoms. The smallest absolute Gasteiger partial charge is 0.319 e. The molecule has 8 rings (SSSR count). The Morgan fingerprint density at radius 1 is 1.11 bits per heavy atom. The van der Waals surface area contributed by atoms with E-state index in [9.17, 15) is 18.0 Å². The van der Waals surface area contributed by atoms with Crippen LogP contribution in [0.4, 0.5) is 23.4 Å². The van der Waals surface area contributed by atoms with Gasteiger partial charge in [-0.15, -0.1) is 0 Å². The van der Waals surface area contributed by atoms with Crippen LogP contribution in [0.25, 0.3) is 32.8 Å². The second kappa shape index (κ2) is 11.2. The van der Waals surface area contributed by atoms with E-state index < -0.39 is 35.1 Å². The van der Waals surface area contributed by atoms with Gasteiger partial charge in [0.15, 0.2) is 11.6 Å². The number of alkyl halides is 1. The summed E-state index contributed by atoms with van der Waals surface area (Å²) in [6.07, 6.45) is 1.59. The van der Waals surface area contributed by atoms with Gasteiger partial charge in [-0.2, -0.15) is 9.97 Å². The molecule has 0 saturated carbocycles. The molecule has 3 aromatic carbocycles. The molecule has 7 nitrogen and oxygen atoms in total. The molecule has 0 radical (unpaired) electrons. The molecule has 4 aliphatic rings. The fourth-order valence-electron chi connectivity index (χ4n) is 8.13.